The maximum atomic E-state index is 11.6. The Morgan fingerprint density at radius 1 is 1.09 bits per heavy atom. The van der Waals surface area contributed by atoms with E-state index in [4.69, 9.17) is 4.84 Å². The number of carbonyl (C=O) groups is 1. The molecule has 1 heterocycles. The second-order valence-electron chi connectivity index (χ2n) is 5.83. The Hall–Kier alpha value is -0.870. The molecule has 22 heavy (non-hydrogen) atoms. The van der Waals surface area contributed by atoms with Crippen molar-refractivity contribution in [2.24, 2.45) is 0 Å². The molecule has 0 saturated carbocycles. The fourth-order valence-electron chi connectivity index (χ4n) is 2.38. The van der Waals surface area contributed by atoms with Gasteiger partial charge >= 0.3 is 0 Å². The highest BCUT2D eigenvalue weighted by Gasteiger charge is 2.01. The van der Waals surface area contributed by atoms with Gasteiger partial charge < -0.3 is 0 Å². The van der Waals surface area contributed by atoms with Crippen molar-refractivity contribution in [1.82, 2.24) is 5.48 Å². The maximum absolute atomic E-state index is 11.6. The lowest BCUT2D eigenvalue weighted by atomic mass is 10.1. The molecule has 0 saturated heterocycles. The van der Waals surface area contributed by atoms with Crippen LogP contribution in [0, 0.1) is 0 Å². The van der Waals surface area contributed by atoms with E-state index in [2.05, 4.69) is 29.2 Å². The van der Waals surface area contributed by atoms with Gasteiger partial charge in [0.25, 0.3) is 0 Å². The van der Waals surface area contributed by atoms with Crippen molar-refractivity contribution in [2.75, 3.05) is 6.61 Å². The molecule has 4 heteroatoms. The van der Waals surface area contributed by atoms with E-state index in [9.17, 15) is 4.79 Å². The van der Waals surface area contributed by atoms with Gasteiger partial charge in [0.1, 0.15) is 0 Å². The van der Waals surface area contributed by atoms with Gasteiger partial charge in [0.05, 0.1) is 6.61 Å². The van der Waals surface area contributed by atoms with E-state index in [1.165, 1.54) is 50.5 Å². The highest BCUT2D eigenvalue weighted by atomic mass is 32.1. The summed E-state index contributed by atoms with van der Waals surface area (Å²) in [6, 6.07) is 2.08. The number of hydroxylamine groups is 1. The number of thiophene rings is 1. The first-order valence-corrected chi connectivity index (χ1v) is 9.69. The summed E-state index contributed by atoms with van der Waals surface area (Å²) in [4.78, 5) is 16.8. The van der Waals surface area contributed by atoms with Gasteiger partial charge in [-0.25, -0.2) is 5.48 Å². The molecule has 1 amide bonds. The minimum absolute atomic E-state index is 0.00765. The molecule has 0 unspecified atom stereocenters. The van der Waals surface area contributed by atoms with Crippen LogP contribution in [0.5, 0.6) is 0 Å². The number of unbranched alkanes of at least 4 members (excludes halogenated alkanes) is 8. The Balaban J connectivity index is 1.81. The summed E-state index contributed by atoms with van der Waals surface area (Å²) in [6.07, 6.45) is 12.9. The van der Waals surface area contributed by atoms with Crippen LogP contribution in [0.1, 0.15) is 76.7 Å². The minimum atomic E-state index is 0.00765. The number of rotatable bonds is 14. The molecule has 1 aromatic heterocycles. The largest absolute Gasteiger partial charge is 0.273 e. The van der Waals surface area contributed by atoms with E-state index in [1.54, 1.807) is 11.3 Å². The van der Waals surface area contributed by atoms with Crippen LogP contribution in [0.25, 0.3) is 0 Å². The molecule has 3 nitrogen and oxygen atoms in total. The normalized spacial score (nSPS) is 10.8. The predicted molar refractivity (Wildman–Crippen MR) is 94.0 cm³/mol. The molecule has 0 fully saturated rings. The van der Waals surface area contributed by atoms with Crippen molar-refractivity contribution >= 4 is 17.2 Å². The van der Waals surface area contributed by atoms with Crippen molar-refractivity contribution in [3.63, 3.8) is 0 Å². The van der Waals surface area contributed by atoms with E-state index in [0.29, 0.717) is 13.0 Å². The highest BCUT2D eigenvalue weighted by molar-refractivity contribution is 7.07. The number of nitrogens with one attached hydrogen (secondary N) is 1. The third-order valence-electron chi connectivity index (χ3n) is 3.77. The van der Waals surface area contributed by atoms with E-state index >= 15 is 0 Å². The average Bonchev–Trinajstić information content (AvgIpc) is 3.03. The van der Waals surface area contributed by atoms with Crippen LogP contribution in [0.2, 0.25) is 0 Å². The minimum Gasteiger partial charge on any atom is -0.273 e. The van der Waals surface area contributed by atoms with Crippen molar-refractivity contribution in [3.05, 3.63) is 22.4 Å². The SMILES string of the molecule is CCCCCCCCCCCC(=O)NOCCc1ccsc1. The Morgan fingerprint density at radius 2 is 1.77 bits per heavy atom. The lowest BCUT2D eigenvalue weighted by Crippen LogP contribution is -2.24. The van der Waals surface area contributed by atoms with Crippen LogP contribution in [-0.4, -0.2) is 12.5 Å². The quantitative estimate of drug-likeness (QED) is 0.374. The fraction of sp³-hybridized carbons (Fsp3) is 0.722. The molecule has 0 spiro atoms. The molecule has 1 N–H and O–H groups in total. The molecular formula is C18H31NO2S. The predicted octanol–water partition coefficient (Wildman–Crippen LogP) is 5.26. The van der Waals surface area contributed by atoms with Gasteiger partial charge in [-0.3, -0.25) is 9.63 Å². The Kier molecular flexibility index (Phi) is 12.0. The summed E-state index contributed by atoms with van der Waals surface area (Å²) in [5.41, 5.74) is 3.80. The van der Waals surface area contributed by atoms with Crippen LogP contribution < -0.4 is 5.48 Å². The zero-order chi connectivity index (χ0) is 15.9. The van der Waals surface area contributed by atoms with Crippen LogP contribution in [0.3, 0.4) is 0 Å². The highest BCUT2D eigenvalue weighted by Crippen LogP contribution is 2.10. The van der Waals surface area contributed by atoms with Gasteiger partial charge in [-0.1, -0.05) is 58.3 Å². The van der Waals surface area contributed by atoms with E-state index < -0.39 is 0 Å². The molecule has 0 bridgehead atoms. The lowest BCUT2D eigenvalue weighted by molar-refractivity contribution is -0.133. The monoisotopic (exact) mass is 325 g/mol. The Bertz CT molecular complexity index is 365. The van der Waals surface area contributed by atoms with Crippen LogP contribution >= 0.6 is 11.3 Å². The smallest absolute Gasteiger partial charge is 0.243 e. The zero-order valence-corrected chi connectivity index (χ0v) is 14.8. The number of amides is 1. The maximum Gasteiger partial charge on any atom is 0.243 e. The molecule has 0 aromatic carbocycles. The van der Waals surface area contributed by atoms with Gasteiger partial charge in [-0.15, -0.1) is 0 Å². The van der Waals surface area contributed by atoms with Crippen molar-refractivity contribution in [1.29, 1.82) is 0 Å². The first-order chi connectivity index (χ1) is 10.8. The topological polar surface area (TPSA) is 38.3 Å². The molecule has 126 valence electrons. The Labute approximate surface area is 139 Å². The third-order valence-corrected chi connectivity index (χ3v) is 4.50. The summed E-state index contributed by atoms with van der Waals surface area (Å²) in [5, 5.41) is 4.16. The fourth-order valence-corrected chi connectivity index (χ4v) is 3.09. The van der Waals surface area contributed by atoms with Crippen LogP contribution in [-0.2, 0) is 16.1 Å². The molecule has 0 aliphatic carbocycles. The molecular weight excluding hydrogens is 294 g/mol. The van der Waals surface area contributed by atoms with Gasteiger partial charge in [-0.2, -0.15) is 11.3 Å². The molecule has 1 aromatic rings. The summed E-state index contributed by atoms with van der Waals surface area (Å²) >= 11 is 1.68. The van der Waals surface area contributed by atoms with Crippen molar-refractivity contribution in [3.8, 4) is 0 Å². The summed E-state index contributed by atoms with van der Waals surface area (Å²) in [6.45, 7) is 2.79. The van der Waals surface area contributed by atoms with Gasteiger partial charge in [0.15, 0.2) is 0 Å². The standard InChI is InChI=1S/C18H31NO2S/c1-2-3-4-5-6-7-8-9-10-11-18(20)19-21-14-12-17-13-15-22-16-17/h13,15-16H,2-12,14H2,1H3,(H,19,20). The molecule has 0 radical (unpaired) electrons. The second-order valence-corrected chi connectivity index (χ2v) is 6.61. The molecule has 0 aliphatic rings. The molecule has 0 aliphatic heterocycles. The van der Waals surface area contributed by atoms with Gasteiger partial charge in [0, 0.05) is 6.42 Å². The third kappa shape index (κ3) is 10.8. The molecule has 1 rings (SSSR count). The van der Waals surface area contributed by atoms with Crippen molar-refractivity contribution in [2.45, 2.75) is 77.6 Å². The number of hydrogen-bond donors (Lipinski definition) is 1. The number of hydrogen-bond acceptors (Lipinski definition) is 3. The first kappa shape index (κ1) is 19.2. The Morgan fingerprint density at radius 3 is 2.41 bits per heavy atom. The van der Waals surface area contributed by atoms with Gasteiger partial charge in [-0.05, 0) is 35.2 Å². The van der Waals surface area contributed by atoms with Crippen LogP contribution in [0.4, 0.5) is 0 Å². The van der Waals surface area contributed by atoms with Crippen molar-refractivity contribution < 1.29 is 9.63 Å². The van der Waals surface area contributed by atoms with Gasteiger partial charge in [0.2, 0.25) is 5.91 Å². The second kappa shape index (κ2) is 13.8. The number of carbonyl (C=O) groups excluding carboxylic acids is 1. The van der Waals surface area contributed by atoms with Crippen LogP contribution in [0.15, 0.2) is 16.8 Å². The van der Waals surface area contributed by atoms with E-state index in [-0.39, 0.29) is 5.91 Å². The first-order valence-electron chi connectivity index (χ1n) is 8.74. The lowest BCUT2D eigenvalue weighted by Gasteiger charge is -2.05. The summed E-state index contributed by atoms with van der Waals surface area (Å²) in [5.74, 6) is 0.00765. The molecule has 0 atom stereocenters. The summed E-state index contributed by atoms with van der Waals surface area (Å²) in [7, 11) is 0. The zero-order valence-electron chi connectivity index (χ0n) is 13.9. The average molecular weight is 326 g/mol. The van der Waals surface area contributed by atoms with E-state index in [1.807, 2.05) is 0 Å². The van der Waals surface area contributed by atoms with E-state index in [0.717, 1.165) is 19.3 Å². The summed E-state index contributed by atoms with van der Waals surface area (Å²) < 4.78 is 0.